The van der Waals surface area contributed by atoms with E-state index in [1.807, 2.05) is 30.3 Å². The molecule has 5 rings (SSSR count). The topological polar surface area (TPSA) is 68.1 Å². The van der Waals surface area contributed by atoms with Crippen molar-refractivity contribution in [2.24, 2.45) is 5.92 Å². The van der Waals surface area contributed by atoms with Crippen LogP contribution >= 0.6 is 0 Å². The van der Waals surface area contributed by atoms with Gasteiger partial charge >= 0.3 is 0 Å². The summed E-state index contributed by atoms with van der Waals surface area (Å²) in [6, 6.07) is 15.9. The minimum Gasteiger partial charge on any atom is -0.313 e. The first-order valence-electron chi connectivity index (χ1n) is 10.6. The molecule has 6 nitrogen and oxygen atoms in total. The molecule has 1 unspecified atom stereocenters. The lowest BCUT2D eigenvalue weighted by molar-refractivity contribution is 0.450. The van der Waals surface area contributed by atoms with E-state index >= 15 is 0 Å². The molecule has 1 aromatic heterocycles. The molecule has 1 aliphatic carbocycles. The fraction of sp³-hybridized carbons (Fsp3) is 0.391. The zero-order valence-electron chi connectivity index (χ0n) is 16.9. The molecule has 1 atom stereocenters. The number of fused-ring (bicyclic) bond motifs is 1. The third-order valence-electron chi connectivity index (χ3n) is 6.32. The zero-order valence-corrected chi connectivity index (χ0v) is 17.8. The highest BCUT2D eigenvalue weighted by molar-refractivity contribution is 7.89. The van der Waals surface area contributed by atoms with E-state index in [1.54, 1.807) is 16.7 Å². The average Bonchev–Trinajstić information content (AvgIpc) is 3.50. The summed E-state index contributed by atoms with van der Waals surface area (Å²) >= 11 is 0. The van der Waals surface area contributed by atoms with Crippen LogP contribution in [0.1, 0.15) is 35.4 Å². The molecule has 1 saturated heterocycles. The van der Waals surface area contributed by atoms with Crippen molar-refractivity contribution in [2.45, 2.75) is 43.5 Å². The standard InChI is InChI=1S/C23H26N4O2S/c28-30(29,22-10-9-20-7-4-8-21(20)14-22)27-12-11-19(16-27)13-23-25-24-17-26(23)15-18-5-2-1-3-6-18/h1-3,5-6,9-10,14,17,19H,4,7-8,11-13,15-16H2. The maximum Gasteiger partial charge on any atom is 0.243 e. The van der Waals surface area contributed by atoms with Crippen LogP contribution in [0.5, 0.6) is 0 Å². The van der Waals surface area contributed by atoms with Gasteiger partial charge in [-0.2, -0.15) is 4.31 Å². The molecule has 2 aliphatic rings. The van der Waals surface area contributed by atoms with Gasteiger partial charge in [0.25, 0.3) is 0 Å². The van der Waals surface area contributed by atoms with Gasteiger partial charge in [0.15, 0.2) is 0 Å². The van der Waals surface area contributed by atoms with Crippen LogP contribution in [0.15, 0.2) is 59.8 Å². The molecule has 2 heterocycles. The second-order valence-corrected chi connectivity index (χ2v) is 10.3. The summed E-state index contributed by atoms with van der Waals surface area (Å²) in [5.41, 5.74) is 3.69. The lowest BCUT2D eigenvalue weighted by Gasteiger charge is -2.17. The van der Waals surface area contributed by atoms with Crippen molar-refractivity contribution in [1.29, 1.82) is 0 Å². The molecule has 3 aromatic rings. The number of aromatic nitrogens is 3. The molecule has 2 aromatic carbocycles. The molecule has 30 heavy (non-hydrogen) atoms. The van der Waals surface area contributed by atoms with Crippen molar-refractivity contribution >= 4 is 10.0 Å². The molecule has 0 radical (unpaired) electrons. The van der Waals surface area contributed by atoms with Gasteiger partial charge < -0.3 is 4.57 Å². The number of sulfonamides is 1. The van der Waals surface area contributed by atoms with Gasteiger partial charge in [0.2, 0.25) is 10.0 Å². The van der Waals surface area contributed by atoms with Gasteiger partial charge in [-0.05, 0) is 60.4 Å². The third kappa shape index (κ3) is 3.79. The Labute approximate surface area is 177 Å². The fourth-order valence-electron chi connectivity index (χ4n) is 4.65. The smallest absolute Gasteiger partial charge is 0.243 e. The maximum absolute atomic E-state index is 13.2. The van der Waals surface area contributed by atoms with E-state index in [1.165, 1.54) is 16.7 Å². The van der Waals surface area contributed by atoms with Crippen LogP contribution in [-0.4, -0.2) is 40.6 Å². The molecular weight excluding hydrogens is 396 g/mol. The predicted molar refractivity (Wildman–Crippen MR) is 115 cm³/mol. The highest BCUT2D eigenvalue weighted by Crippen LogP contribution is 2.30. The minimum absolute atomic E-state index is 0.257. The van der Waals surface area contributed by atoms with Crippen LogP contribution in [0, 0.1) is 5.92 Å². The van der Waals surface area contributed by atoms with Gasteiger partial charge in [-0.15, -0.1) is 10.2 Å². The lowest BCUT2D eigenvalue weighted by atomic mass is 10.0. The Morgan fingerprint density at radius 1 is 1.03 bits per heavy atom. The van der Waals surface area contributed by atoms with Crippen molar-refractivity contribution in [1.82, 2.24) is 19.1 Å². The normalized spacial score (nSPS) is 19.3. The Kier molecular flexibility index (Phi) is 5.16. The Morgan fingerprint density at radius 3 is 2.73 bits per heavy atom. The summed E-state index contributed by atoms with van der Waals surface area (Å²) in [7, 11) is -3.44. The Balaban J connectivity index is 1.27. The van der Waals surface area contributed by atoms with Crippen molar-refractivity contribution in [3.8, 4) is 0 Å². The van der Waals surface area contributed by atoms with Crippen LogP contribution in [0.25, 0.3) is 0 Å². The second kappa shape index (κ2) is 7.96. The molecule has 0 spiro atoms. The first-order valence-corrected chi connectivity index (χ1v) is 12.1. The third-order valence-corrected chi connectivity index (χ3v) is 8.18. The number of benzene rings is 2. The summed E-state index contributed by atoms with van der Waals surface area (Å²) in [5.74, 6) is 1.17. The lowest BCUT2D eigenvalue weighted by Crippen LogP contribution is -2.29. The number of rotatable bonds is 6. The fourth-order valence-corrected chi connectivity index (χ4v) is 6.23. The zero-order chi connectivity index (χ0) is 20.6. The van der Waals surface area contributed by atoms with Crippen LogP contribution in [0.2, 0.25) is 0 Å². The number of nitrogens with zero attached hydrogens (tertiary/aromatic N) is 4. The summed E-state index contributed by atoms with van der Waals surface area (Å²) in [6.45, 7) is 1.83. The first kappa shape index (κ1) is 19.5. The van der Waals surface area contributed by atoms with Gasteiger partial charge in [0, 0.05) is 19.5 Å². The van der Waals surface area contributed by atoms with Gasteiger partial charge in [0.05, 0.1) is 11.4 Å². The van der Waals surface area contributed by atoms with Crippen LogP contribution in [0.4, 0.5) is 0 Å². The number of hydrogen-bond acceptors (Lipinski definition) is 4. The van der Waals surface area contributed by atoms with E-state index in [2.05, 4.69) is 26.9 Å². The quantitative estimate of drug-likeness (QED) is 0.612. The Bertz CT molecular complexity index is 1140. The van der Waals surface area contributed by atoms with E-state index < -0.39 is 10.0 Å². The van der Waals surface area contributed by atoms with Crippen molar-refractivity contribution in [3.05, 3.63) is 77.4 Å². The molecule has 7 heteroatoms. The van der Waals surface area contributed by atoms with Gasteiger partial charge in [-0.1, -0.05) is 36.4 Å². The Morgan fingerprint density at radius 2 is 1.87 bits per heavy atom. The summed E-state index contributed by atoms with van der Waals surface area (Å²) in [6.07, 6.45) is 6.51. The number of aryl methyl sites for hydroxylation is 2. The first-order chi connectivity index (χ1) is 14.6. The van der Waals surface area contributed by atoms with Crippen molar-refractivity contribution in [3.63, 3.8) is 0 Å². The number of hydrogen-bond donors (Lipinski definition) is 0. The second-order valence-electron chi connectivity index (χ2n) is 8.37. The van der Waals surface area contributed by atoms with Crippen LogP contribution < -0.4 is 0 Å². The summed E-state index contributed by atoms with van der Waals surface area (Å²) < 4.78 is 30.1. The molecule has 1 fully saturated rings. The van der Waals surface area contributed by atoms with Gasteiger partial charge in [0.1, 0.15) is 12.2 Å². The Hall–Kier alpha value is -2.51. The van der Waals surface area contributed by atoms with E-state index in [9.17, 15) is 8.42 Å². The van der Waals surface area contributed by atoms with Crippen LogP contribution in [0.3, 0.4) is 0 Å². The molecule has 156 valence electrons. The van der Waals surface area contributed by atoms with Gasteiger partial charge in [-0.25, -0.2) is 8.42 Å². The predicted octanol–water partition coefficient (Wildman–Crippen LogP) is 3.07. The highest BCUT2D eigenvalue weighted by atomic mass is 32.2. The van der Waals surface area contributed by atoms with E-state index in [4.69, 9.17) is 0 Å². The average molecular weight is 423 g/mol. The highest BCUT2D eigenvalue weighted by Gasteiger charge is 2.33. The van der Waals surface area contributed by atoms with Crippen molar-refractivity contribution in [2.75, 3.05) is 13.1 Å². The SMILES string of the molecule is O=S(=O)(c1ccc2c(c1)CCC2)N1CCC(Cc2nncn2Cc2ccccc2)C1. The van der Waals surface area contributed by atoms with Crippen LogP contribution in [-0.2, 0) is 35.8 Å². The monoisotopic (exact) mass is 422 g/mol. The van der Waals surface area contributed by atoms with Crippen molar-refractivity contribution < 1.29 is 8.42 Å². The maximum atomic E-state index is 13.2. The van der Waals surface area contributed by atoms with Gasteiger partial charge in [-0.3, -0.25) is 0 Å². The van der Waals surface area contributed by atoms with E-state index in [0.717, 1.165) is 44.5 Å². The minimum atomic E-state index is -3.44. The molecule has 0 amide bonds. The largest absolute Gasteiger partial charge is 0.313 e. The molecule has 1 aliphatic heterocycles. The summed E-state index contributed by atoms with van der Waals surface area (Å²) in [5, 5.41) is 8.40. The molecule has 0 N–H and O–H groups in total. The molecule has 0 saturated carbocycles. The summed E-state index contributed by atoms with van der Waals surface area (Å²) in [4.78, 5) is 0.441. The van der Waals surface area contributed by atoms with E-state index in [-0.39, 0.29) is 5.92 Å². The molecule has 0 bridgehead atoms. The van der Waals surface area contributed by atoms with E-state index in [0.29, 0.717) is 18.0 Å². The molecular formula is C23H26N4O2S.